The van der Waals surface area contributed by atoms with Gasteiger partial charge in [-0.25, -0.2) is 4.79 Å². The van der Waals surface area contributed by atoms with Gasteiger partial charge in [-0.15, -0.1) is 0 Å². The van der Waals surface area contributed by atoms with Crippen molar-refractivity contribution in [2.24, 2.45) is 0 Å². The Hall–Kier alpha value is -0.820. The summed E-state index contributed by atoms with van der Waals surface area (Å²) in [5, 5.41) is 2.43. The average molecular weight is 364 g/mol. The highest BCUT2D eigenvalue weighted by Gasteiger charge is 2.08. The van der Waals surface area contributed by atoms with Crippen molar-refractivity contribution in [1.82, 2.24) is 10.2 Å². The molecule has 0 atom stereocenters. The van der Waals surface area contributed by atoms with Gasteiger partial charge in [0.15, 0.2) is 0 Å². The van der Waals surface area contributed by atoms with Gasteiger partial charge >= 0.3 is 6.09 Å². The third-order valence-electron chi connectivity index (χ3n) is 2.11. The SMILES string of the molecule is CI.CNC(=O)Oc1ccc(C)cc1CN(C)C. The van der Waals surface area contributed by atoms with E-state index in [0.717, 1.165) is 17.7 Å². The van der Waals surface area contributed by atoms with E-state index in [0.29, 0.717) is 5.75 Å². The molecule has 5 heteroatoms. The Morgan fingerprint density at radius 3 is 2.50 bits per heavy atom. The second-order valence-electron chi connectivity index (χ2n) is 3.99. The number of alkyl halides is 1. The van der Waals surface area contributed by atoms with E-state index in [4.69, 9.17) is 4.74 Å². The normalized spacial score (nSPS) is 9.50. The monoisotopic (exact) mass is 364 g/mol. The van der Waals surface area contributed by atoms with E-state index in [2.05, 4.69) is 27.9 Å². The number of halogens is 1. The first-order chi connectivity index (χ1) is 8.52. The fourth-order valence-corrected chi connectivity index (χ4v) is 1.42. The van der Waals surface area contributed by atoms with Crippen LogP contribution < -0.4 is 10.1 Å². The molecule has 0 saturated heterocycles. The maximum atomic E-state index is 11.2. The first kappa shape index (κ1) is 17.2. The summed E-state index contributed by atoms with van der Waals surface area (Å²) in [5.41, 5.74) is 2.16. The number of carbonyl (C=O) groups excluding carboxylic acids is 1. The maximum absolute atomic E-state index is 11.2. The molecule has 0 aliphatic heterocycles. The fraction of sp³-hybridized carbons (Fsp3) is 0.462. The molecule has 0 bridgehead atoms. The standard InChI is InChI=1S/C12H18N2O2.CH3I/c1-9-5-6-11(16-12(15)13-2)10(7-9)8-14(3)4;1-2/h5-7H,8H2,1-4H3,(H,13,15);1H3. The Bertz CT molecular complexity index is 381. The number of carbonyl (C=O) groups is 1. The smallest absolute Gasteiger partial charge is 0.410 e. The highest BCUT2D eigenvalue weighted by atomic mass is 127. The number of hydrogen-bond donors (Lipinski definition) is 1. The molecule has 1 N–H and O–H groups in total. The minimum Gasteiger partial charge on any atom is -0.410 e. The molecule has 1 amide bonds. The average Bonchev–Trinajstić information content (AvgIpc) is 2.34. The first-order valence-electron chi connectivity index (χ1n) is 5.54. The number of amides is 1. The number of benzene rings is 1. The third kappa shape index (κ3) is 6.20. The zero-order chi connectivity index (χ0) is 14.1. The lowest BCUT2D eigenvalue weighted by Gasteiger charge is -2.14. The number of nitrogens with zero attached hydrogens (tertiary/aromatic N) is 1. The van der Waals surface area contributed by atoms with Crippen LogP contribution in [0.2, 0.25) is 0 Å². The van der Waals surface area contributed by atoms with Crippen molar-refractivity contribution >= 4 is 28.7 Å². The van der Waals surface area contributed by atoms with Gasteiger partial charge in [-0.2, -0.15) is 0 Å². The largest absolute Gasteiger partial charge is 0.412 e. The van der Waals surface area contributed by atoms with Crippen molar-refractivity contribution in [1.29, 1.82) is 0 Å². The van der Waals surface area contributed by atoms with Crippen molar-refractivity contribution in [2.75, 3.05) is 26.1 Å². The van der Waals surface area contributed by atoms with E-state index in [1.165, 1.54) is 0 Å². The fourth-order valence-electron chi connectivity index (χ4n) is 1.42. The highest BCUT2D eigenvalue weighted by molar-refractivity contribution is 14.1. The second kappa shape index (κ2) is 9.16. The van der Waals surface area contributed by atoms with Crippen LogP contribution in [-0.2, 0) is 6.54 Å². The molecular formula is C13H21IN2O2. The number of ether oxygens (including phenoxy) is 1. The minimum atomic E-state index is -0.441. The molecule has 0 unspecified atom stereocenters. The molecule has 0 saturated carbocycles. The second-order valence-corrected chi connectivity index (χ2v) is 3.99. The molecule has 0 aliphatic carbocycles. The van der Waals surface area contributed by atoms with Crippen LogP contribution in [0.5, 0.6) is 5.75 Å². The van der Waals surface area contributed by atoms with Gasteiger partial charge in [0.1, 0.15) is 5.75 Å². The molecule has 0 fully saturated rings. The van der Waals surface area contributed by atoms with Crippen LogP contribution in [0.4, 0.5) is 4.79 Å². The van der Waals surface area contributed by atoms with Gasteiger partial charge < -0.3 is 15.0 Å². The van der Waals surface area contributed by atoms with Gasteiger partial charge in [0.25, 0.3) is 0 Å². The molecule has 1 aromatic carbocycles. The molecule has 0 aliphatic rings. The molecule has 1 aromatic rings. The summed E-state index contributed by atoms with van der Waals surface area (Å²) in [6.45, 7) is 2.76. The molecular weight excluding hydrogens is 343 g/mol. The summed E-state index contributed by atoms with van der Waals surface area (Å²) in [6.07, 6.45) is -0.441. The van der Waals surface area contributed by atoms with E-state index in [-0.39, 0.29) is 0 Å². The van der Waals surface area contributed by atoms with Crippen LogP contribution in [0.25, 0.3) is 0 Å². The summed E-state index contributed by atoms with van der Waals surface area (Å²) in [6, 6.07) is 5.78. The van der Waals surface area contributed by atoms with Gasteiger partial charge in [-0.3, -0.25) is 0 Å². The van der Waals surface area contributed by atoms with Crippen molar-refractivity contribution in [3.8, 4) is 5.75 Å². The predicted octanol–water partition coefficient (Wildman–Crippen LogP) is 2.83. The minimum absolute atomic E-state index is 0.441. The lowest BCUT2D eigenvalue weighted by molar-refractivity contribution is 0.202. The van der Waals surface area contributed by atoms with Crippen molar-refractivity contribution < 1.29 is 9.53 Å². The number of nitrogens with one attached hydrogen (secondary N) is 1. The topological polar surface area (TPSA) is 41.6 Å². The van der Waals surface area contributed by atoms with Crippen molar-refractivity contribution in [2.45, 2.75) is 13.5 Å². The van der Waals surface area contributed by atoms with Gasteiger partial charge in [0.2, 0.25) is 0 Å². The van der Waals surface area contributed by atoms with Crippen molar-refractivity contribution in [3.05, 3.63) is 29.3 Å². The molecule has 1 rings (SSSR count). The summed E-state index contributed by atoms with van der Waals surface area (Å²) in [7, 11) is 5.50. The molecule has 0 spiro atoms. The van der Waals surface area contributed by atoms with E-state index in [1.54, 1.807) is 7.05 Å². The van der Waals surface area contributed by atoms with Crippen molar-refractivity contribution in [3.63, 3.8) is 0 Å². The zero-order valence-corrected chi connectivity index (χ0v) is 13.7. The van der Waals surface area contributed by atoms with E-state index >= 15 is 0 Å². The summed E-state index contributed by atoms with van der Waals surface area (Å²) in [5.74, 6) is 0.610. The molecule has 4 nitrogen and oxygen atoms in total. The number of hydrogen-bond acceptors (Lipinski definition) is 3. The van der Waals surface area contributed by atoms with E-state index in [9.17, 15) is 4.79 Å². The van der Waals surface area contributed by atoms with Gasteiger partial charge in [-0.1, -0.05) is 40.3 Å². The first-order valence-corrected chi connectivity index (χ1v) is 7.70. The third-order valence-corrected chi connectivity index (χ3v) is 2.11. The number of rotatable bonds is 3. The lowest BCUT2D eigenvalue weighted by Crippen LogP contribution is -2.23. The van der Waals surface area contributed by atoms with Crippen LogP contribution in [-0.4, -0.2) is 37.1 Å². The predicted molar refractivity (Wildman–Crippen MR) is 83.6 cm³/mol. The Morgan fingerprint density at radius 1 is 1.39 bits per heavy atom. The number of aryl methyl sites for hydroxylation is 1. The highest BCUT2D eigenvalue weighted by Crippen LogP contribution is 2.21. The van der Waals surface area contributed by atoms with Crippen LogP contribution in [0, 0.1) is 6.92 Å². The summed E-state index contributed by atoms with van der Waals surface area (Å²) in [4.78, 5) is 15.2. The maximum Gasteiger partial charge on any atom is 0.412 e. The van der Waals surface area contributed by atoms with Crippen LogP contribution in [0.15, 0.2) is 18.2 Å². The van der Waals surface area contributed by atoms with Gasteiger partial charge in [-0.05, 0) is 32.0 Å². The van der Waals surface area contributed by atoms with Gasteiger partial charge in [0, 0.05) is 19.2 Å². The molecule has 0 radical (unpaired) electrons. The summed E-state index contributed by atoms with van der Waals surface area (Å²) >= 11 is 2.15. The quantitative estimate of drug-likeness (QED) is 0.663. The van der Waals surface area contributed by atoms with Crippen LogP contribution >= 0.6 is 22.6 Å². The van der Waals surface area contributed by atoms with Gasteiger partial charge in [0.05, 0.1) is 0 Å². The van der Waals surface area contributed by atoms with E-state index < -0.39 is 6.09 Å². The summed E-state index contributed by atoms with van der Waals surface area (Å²) < 4.78 is 5.17. The molecule has 0 aromatic heterocycles. The van der Waals surface area contributed by atoms with Crippen LogP contribution in [0.3, 0.4) is 0 Å². The molecule has 18 heavy (non-hydrogen) atoms. The Balaban J connectivity index is 0.00000137. The Kier molecular flexibility index (Phi) is 8.74. The van der Waals surface area contributed by atoms with Crippen LogP contribution in [0.1, 0.15) is 11.1 Å². The Labute approximate surface area is 123 Å². The zero-order valence-electron chi connectivity index (χ0n) is 11.6. The molecule has 102 valence electrons. The lowest BCUT2D eigenvalue weighted by atomic mass is 10.1. The van der Waals surface area contributed by atoms with E-state index in [1.807, 2.05) is 49.0 Å². The Morgan fingerprint density at radius 2 is 2.00 bits per heavy atom. The molecule has 0 heterocycles.